The van der Waals surface area contributed by atoms with E-state index in [2.05, 4.69) is 5.32 Å². The highest BCUT2D eigenvalue weighted by Crippen LogP contribution is 2.13. The van der Waals surface area contributed by atoms with Gasteiger partial charge in [-0.15, -0.1) is 0 Å². The number of carboxylic acids is 1. The molecule has 84 valence electrons. The molecule has 3 N–H and O–H groups in total. The largest absolute Gasteiger partial charge is 0.508 e. The highest BCUT2D eigenvalue weighted by atomic mass is 16.4. The van der Waals surface area contributed by atoms with E-state index in [0.717, 1.165) is 6.08 Å². The minimum atomic E-state index is -1.14. The van der Waals surface area contributed by atoms with Crippen molar-refractivity contribution in [1.82, 2.24) is 0 Å². The number of hydrogen-bond acceptors (Lipinski definition) is 3. The van der Waals surface area contributed by atoms with E-state index in [1.165, 1.54) is 31.2 Å². The van der Waals surface area contributed by atoms with Crippen LogP contribution in [-0.4, -0.2) is 22.1 Å². The van der Waals surface area contributed by atoms with Crippen molar-refractivity contribution in [3.05, 3.63) is 35.9 Å². The normalized spacial score (nSPS) is 10.9. The summed E-state index contributed by atoms with van der Waals surface area (Å²) in [5.74, 6) is -1.57. The van der Waals surface area contributed by atoms with Crippen LogP contribution in [0.25, 0.3) is 0 Å². The molecule has 5 heteroatoms. The Kier molecular flexibility index (Phi) is 3.66. The molecule has 0 aliphatic carbocycles. The predicted molar refractivity (Wildman–Crippen MR) is 58.1 cm³/mol. The Morgan fingerprint density at radius 1 is 1.25 bits per heavy atom. The number of phenolic OH excluding ortho intramolecular Hbond substituents is 1. The second kappa shape index (κ2) is 4.97. The fourth-order valence-electron chi connectivity index (χ4n) is 0.981. The summed E-state index contributed by atoms with van der Waals surface area (Å²) in [6.07, 6.45) is 0.995. The molecule has 5 nitrogen and oxygen atoms in total. The average molecular weight is 221 g/mol. The molecule has 1 aromatic rings. The third kappa shape index (κ3) is 3.45. The van der Waals surface area contributed by atoms with Gasteiger partial charge < -0.3 is 15.5 Å². The third-order valence-corrected chi connectivity index (χ3v) is 1.82. The number of nitrogens with one attached hydrogen (secondary N) is 1. The lowest BCUT2D eigenvalue weighted by atomic mass is 10.2. The number of carbonyl (C=O) groups is 2. The molecule has 0 heterocycles. The van der Waals surface area contributed by atoms with Gasteiger partial charge in [0, 0.05) is 17.3 Å². The molecule has 0 fully saturated rings. The number of amides is 1. The Hall–Kier alpha value is -2.30. The second-order valence-corrected chi connectivity index (χ2v) is 3.17. The van der Waals surface area contributed by atoms with Crippen molar-refractivity contribution in [2.75, 3.05) is 5.32 Å². The first kappa shape index (κ1) is 11.8. The van der Waals surface area contributed by atoms with Crippen molar-refractivity contribution in [2.45, 2.75) is 6.92 Å². The fourth-order valence-corrected chi connectivity index (χ4v) is 0.981. The molecule has 0 saturated carbocycles. The number of carboxylic acid groups (broad SMARTS) is 1. The maximum Gasteiger partial charge on any atom is 0.331 e. The van der Waals surface area contributed by atoms with E-state index in [1.807, 2.05) is 0 Å². The van der Waals surface area contributed by atoms with E-state index < -0.39 is 11.9 Å². The summed E-state index contributed by atoms with van der Waals surface area (Å²) in [6.45, 7) is 1.33. The molecule has 0 atom stereocenters. The molecule has 0 aromatic heterocycles. The van der Waals surface area contributed by atoms with Crippen molar-refractivity contribution in [3.63, 3.8) is 0 Å². The first-order chi connectivity index (χ1) is 7.49. The molecule has 1 aromatic carbocycles. The molecule has 1 amide bonds. The highest BCUT2D eigenvalue weighted by Gasteiger charge is 2.04. The van der Waals surface area contributed by atoms with Crippen molar-refractivity contribution in [1.29, 1.82) is 0 Å². The van der Waals surface area contributed by atoms with Crippen LogP contribution in [0.15, 0.2) is 35.9 Å². The van der Waals surface area contributed by atoms with Crippen LogP contribution in [0.4, 0.5) is 5.69 Å². The monoisotopic (exact) mass is 221 g/mol. The summed E-state index contributed by atoms with van der Waals surface area (Å²) in [6, 6.07) is 5.86. The molecule has 1 rings (SSSR count). The lowest BCUT2D eigenvalue weighted by molar-refractivity contribution is -0.132. The van der Waals surface area contributed by atoms with Gasteiger partial charge in [0.05, 0.1) is 0 Å². The Bertz CT molecular complexity index is 434. The Balaban J connectivity index is 2.68. The molecule has 0 saturated heterocycles. The Labute approximate surface area is 92.0 Å². The summed E-state index contributed by atoms with van der Waals surface area (Å²) in [5, 5.41) is 20.0. The van der Waals surface area contributed by atoms with E-state index >= 15 is 0 Å². The summed E-state index contributed by atoms with van der Waals surface area (Å²) < 4.78 is 0. The quantitative estimate of drug-likeness (QED) is 0.531. The number of benzene rings is 1. The van der Waals surface area contributed by atoms with Crippen LogP contribution in [0.3, 0.4) is 0 Å². The number of anilines is 1. The smallest absolute Gasteiger partial charge is 0.331 e. The number of aliphatic carboxylic acids is 1. The lowest BCUT2D eigenvalue weighted by Crippen LogP contribution is -2.10. The van der Waals surface area contributed by atoms with Gasteiger partial charge in [-0.05, 0) is 31.2 Å². The maximum atomic E-state index is 11.3. The minimum absolute atomic E-state index is 0.0451. The van der Waals surface area contributed by atoms with Gasteiger partial charge in [-0.1, -0.05) is 0 Å². The van der Waals surface area contributed by atoms with Crippen LogP contribution in [0, 0.1) is 0 Å². The second-order valence-electron chi connectivity index (χ2n) is 3.17. The van der Waals surface area contributed by atoms with Gasteiger partial charge in [0.2, 0.25) is 5.91 Å². The van der Waals surface area contributed by atoms with Crippen LogP contribution in [0.2, 0.25) is 0 Å². The maximum absolute atomic E-state index is 11.3. The first-order valence-electron chi connectivity index (χ1n) is 4.50. The summed E-state index contributed by atoms with van der Waals surface area (Å²) >= 11 is 0. The summed E-state index contributed by atoms with van der Waals surface area (Å²) in [5.41, 5.74) is 0.438. The van der Waals surface area contributed by atoms with Gasteiger partial charge in [0.25, 0.3) is 0 Å². The lowest BCUT2D eigenvalue weighted by Gasteiger charge is -2.02. The van der Waals surface area contributed by atoms with Crippen LogP contribution in [0.5, 0.6) is 5.75 Å². The Morgan fingerprint density at radius 3 is 2.31 bits per heavy atom. The van der Waals surface area contributed by atoms with Crippen molar-refractivity contribution in [2.24, 2.45) is 0 Å². The third-order valence-electron chi connectivity index (χ3n) is 1.82. The van der Waals surface area contributed by atoms with Crippen molar-refractivity contribution < 1.29 is 19.8 Å². The summed E-state index contributed by atoms with van der Waals surface area (Å²) in [4.78, 5) is 21.7. The van der Waals surface area contributed by atoms with Gasteiger partial charge in [-0.2, -0.15) is 0 Å². The van der Waals surface area contributed by atoms with Crippen LogP contribution in [0.1, 0.15) is 6.92 Å². The number of rotatable bonds is 3. The van der Waals surface area contributed by atoms with Crippen LogP contribution < -0.4 is 5.32 Å². The van der Waals surface area contributed by atoms with Gasteiger partial charge in [-0.25, -0.2) is 4.79 Å². The van der Waals surface area contributed by atoms with E-state index in [0.29, 0.717) is 5.69 Å². The van der Waals surface area contributed by atoms with Gasteiger partial charge in [0.1, 0.15) is 5.75 Å². The average Bonchev–Trinajstić information content (AvgIpc) is 2.21. The minimum Gasteiger partial charge on any atom is -0.508 e. The SMILES string of the molecule is C/C(=C\C(=O)Nc1ccc(O)cc1)C(=O)O. The molecule has 0 aliphatic rings. The van der Waals surface area contributed by atoms with Crippen molar-refractivity contribution >= 4 is 17.6 Å². The fraction of sp³-hybridized carbons (Fsp3) is 0.0909. The molecule has 0 spiro atoms. The van der Waals surface area contributed by atoms with E-state index in [1.54, 1.807) is 0 Å². The predicted octanol–water partition coefficient (Wildman–Crippen LogP) is 1.36. The highest BCUT2D eigenvalue weighted by molar-refractivity contribution is 6.04. The first-order valence-corrected chi connectivity index (χ1v) is 4.50. The molecule has 0 aliphatic heterocycles. The molecular weight excluding hydrogens is 210 g/mol. The van der Waals surface area contributed by atoms with E-state index in [-0.39, 0.29) is 11.3 Å². The molecule has 16 heavy (non-hydrogen) atoms. The zero-order chi connectivity index (χ0) is 12.1. The van der Waals surface area contributed by atoms with Gasteiger partial charge in [-0.3, -0.25) is 4.79 Å². The number of carbonyl (C=O) groups excluding carboxylic acids is 1. The molecule has 0 radical (unpaired) electrons. The van der Waals surface area contributed by atoms with E-state index in [4.69, 9.17) is 10.2 Å². The van der Waals surface area contributed by atoms with Crippen LogP contribution >= 0.6 is 0 Å². The molecule has 0 unspecified atom stereocenters. The summed E-state index contributed by atoms with van der Waals surface area (Å²) in [7, 11) is 0. The zero-order valence-electron chi connectivity index (χ0n) is 8.60. The number of hydrogen-bond donors (Lipinski definition) is 3. The van der Waals surface area contributed by atoms with Crippen LogP contribution in [-0.2, 0) is 9.59 Å². The standard InChI is InChI=1S/C11H11NO4/c1-7(11(15)16)6-10(14)12-8-2-4-9(13)5-3-8/h2-6,13H,1H3,(H,12,14)(H,15,16)/b7-6+. The number of aromatic hydroxyl groups is 1. The topological polar surface area (TPSA) is 86.6 Å². The van der Waals surface area contributed by atoms with Gasteiger partial charge >= 0.3 is 5.97 Å². The number of phenols is 1. The zero-order valence-corrected chi connectivity index (χ0v) is 8.60. The van der Waals surface area contributed by atoms with Crippen molar-refractivity contribution in [3.8, 4) is 5.75 Å². The molecule has 0 bridgehead atoms. The Morgan fingerprint density at radius 2 is 1.81 bits per heavy atom. The van der Waals surface area contributed by atoms with E-state index in [9.17, 15) is 9.59 Å². The molecular formula is C11H11NO4. The van der Waals surface area contributed by atoms with Gasteiger partial charge in [0.15, 0.2) is 0 Å².